The van der Waals surface area contributed by atoms with Gasteiger partial charge in [0.25, 0.3) is 5.91 Å². The van der Waals surface area contributed by atoms with E-state index in [1.807, 2.05) is 30.3 Å². The molecule has 0 aliphatic rings. The Morgan fingerprint density at radius 2 is 1.85 bits per heavy atom. The zero-order valence-electron chi connectivity index (χ0n) is 13.7. The molecular formula is C19H14BrClN2O2S. The number of carbonyl (C=O) groups excluding carboxylic acids is 1. The maximum absolute atomic E-state index is 12.6. The van der Waals surface area contributed by atoms with Crippen LogP contribution in [0.25, 0.3) is 10.8 Å². The fourth-order valence-electron chi connectivity index (χ4n) is 2.55. The smallest absolute Gasteiger partial charge is 0.258 e. The van der Waals surface area contributed by atoms with Gasteiger partial charge in [-0.15, -0.1) is 0 Å². The summed E-state index contributed by atoms with van der Waals surface area (Å²) in [5.74, 6) is 0.277. The summed E-state index contributed by atoms with van der Waals surface area (Å²) in [5, 5.41) is 8.08. The van der Waals surface area contributed by atoms with Crippen molar-refractivity contribution in [3.63, 3.8) is 0 Å². The van der Waals surface area contributed by atoms with Gasteiger partial charge in [-0.2, -0.15) is 0 Å². The van der Waals surface area contributed by atoms with Gasteiger partial charge in [0.2, 0.25) is 0 Å². The molecule has 0 heterocycles. The molecule has 1 amide bonds. The summed E-state index contributed by atoms with van der Waals surface area (Å²) in [6, 6.07) is 16.4. The van der Waals surface area contributed by atoms with Crippen molar-refractivity contribution in [1.29, 1.82) is 0 Å². The molecule has 0 fully saturated rings. The first-order chi connectivity index (χ1) is 12.5. The van der Waals surface area contributed by atoms with E-state index in [-0.39, 0.29) is 11.0 Å². The molecule has 4 nitrogen and oxygen atoms in total. The highest BCUT2D eigenvalue weighted by atomic mass is 79.9. The maximum Gasteiger partial charge on any atom is 0.258 e. The second-order valence-electron chi connectivity index (χ2n) is 5.40. The summed E-state index contributed by atoms with van der Waals surface area (Å²) in [7, 11) is 1.54. The average molecular weight is 450 g/mol. The first-order valence-corrected chi connectivity index (χ1v) is 9.20. The number of hydrogen-bond donors (Lipinski definition) is 2. The van der Waals surface area contributed by atoms with E-state index in [0.717, 1.165) is 15.2 Å². The molecule has 3 aromatic carbocycles. The highest BCUT2D eigenvalue weighted by Gasteiger charge is 2.13. The SMILES string of the molecule is COc1ccc(NC(=S)NC(=O)c2cccc3c(Br)cccc23)cc1Cl. The molecule has 0 aliphatic carbocycles. The number of hydrogen-bond acceptors (Lipinski definition) is 3. The van der Waals surface area contributed by atoms with Crippen LogP contribution in [0, 0.1) is 0 Å². The van der Waals surface area contributed by atoms with Crippen molar-refractivity contribution in [2.75, 3.05) is 12.4 Å². The Kier molecular flexibility index (Phi) is 5.76. The normalized spacial score (nSPS) is 10.4. The molecule has 3 aromatic rings. The van der Waals surface area contributed by atoms with Gasteiger partial charge in [0.05, 0.1) is 12.1 Å². The summed E-state index contributed by atoms with van der Waals surface area (Å²) in [6.45, 7) is 0. The molecule has 0 saturated heterocycles. The zero-order chi connectivity index (χ0) is 18.7. The maximum atomic E-state index is 12.6. The second kappa shape index (κ2) is 8.03. The summed E-state index contributed by atoms with van der Waals surface area (Å²) in [6.07, 6.45) is 0. The Hall–Kier alpha value is -2.15. The lowest BCUT2D eigenvalue weighted by atomic mass is 10.0. The number of fused-ring (bicyclic) bond motifs is 1. The van der Waals surface area contributed by atoms with Crippen LogP contribution in [-0.2, 0) is 0 Å². The zero-order valence-corrected chi connectivity index (χ0v) is 16.8. The molecule has 3 rings (SSSR count). The molecular weight excluding hydrogens is 436 g/mol. The number of amides is 1. The van der Waals surface area contributed by atoms with Crippen molar-refractivity contribution in [2.24, 2.45) is 0 Å². The van der Waals surface area contributed by atoms with Crippen molar-refractivity contribution < 1.29 is 9.53 Å². The highest BCUT2D eigenvalue weighted by Crippen LogP contribution is 2.28. The Morgan fingerprint density at radius 3 is 2.58 bits per heavy atom. The van der Waals surface area contributed by atoms with Crippen LogP contribution in [0.3, 0.4) is 0 Å². The molecule has 0 atom stereocenters. The van der Waals surface area contributed by atoms with Crippen LogP contribution in [-0.4, -0.2) is 18.1 Å². The van der Waals surface area contributed by atoms with Gasteiger partial charge in [-0.1, -0.05) is 51.8 Å². The van der Waals surface area contributed by atoms with Crippen molar-refractivity contribution >= 4 is 67.2 Å². The van der Waals surface area contributed by atoms with Crippen LogP contribution < -0.4 is 15.4 Å². The Bertz CT molecular complexity index is 1010. The van der Waals surface area contributed by atoms with Crippen molar-refractivity contribution in [2.45, 2.75) is 0 Å². The van der Waals surface area contributed by atoms with Crippen molar-refractivity contribution in [1.82, 2.24) is 5.32 Å². The summed E-state index contributed by atoms with van der Waals surface area (Å²) >= 11 is 14.8. The molecule has 2 N–H and O–H groups in total. The van der Waals surface area contributed by atoms with E-state index in [4.69, 9.17) is 28.6 Å². The van der Waals surface area contributed by atoms with Crippen LogP contribution in [0.1, 0.15) is 10.4 Å². The third-order valence-electron chi connectivity index (χ3n) is 3.75. The van der Waals surface area contributed by atoms with Gasteiger partial charge in [-0.3, -0.25) is 10.1 Å². The first kappa shape index (κ1) is 18.6. The summed E-state index contributed by atoms with van der Waals surface area (Å²) in [5.41, 5.74) is 1.20. The molecule has 0 radical (unpaired) electrons. The number of methoxy groups -OCH3 is 1. The molecule has 26 heavy (non-hydrogen) atoms. The number of nitrogens with one attached hydrogen (secondary N) is 2. The second-order valence-corrected chi connectivity index (χ2v) is 7.07. The molecule has 132 valence electrons. The van der Waals surface area contributed by atoms with E-state index in [1.54, 1.807) is 31.4 Å². The lowest BCUT2D eigenvalue weighted by Gasteiger charge is -2.12. The standard InChI is InChI=1S/C19H14BrClN2O2S/c1-25-17-9-8-11(10-16(17)21)22-19(26)23-18(24)14-6-2-5-13-12(14)4-3-7-15(13)20/h2-10H,1H3,(H2,22,23,24,26). The minimum absolute atomic E-state index is 0.184. The summed E-state index contributed by atoms with van der Waals surface area (Å²) in [4.78, 5) is 12.6. The predicted octanol–water partition coefficient (Wildman–Crippen LogP) is 5.39. The van der Waals surface area contributed by atoms with E-state index in [2.05, 4.69) is 26.6 Å². The lowest BCUT2D eigenvalue weighted by molar-refractivity contribution is 0.0979. The van der Waals surface area contributed by atoms with Crippen LogP contribution >= 0.6 is 39.7 Å². The highest BCUT2D eigenvalue weighted by molar-refractivity contribution is 9.10. The number of rotatable bonds is 3. The number of halogens is 2. The quantitative estimate of drug-likeness (QED) is 0.526. The van der Waals surface area contributed by atoms with Crippen LogP contribution in [0.15, 0.2) is 59.1 Å². The largest absolute Gasteiger partial charge is 0.495 e. The van der Waals surface area contributed by atoms with Crippen molar-refractivity contribution in [3.8, 4) is 5.75 Å². The number of carbonyl (C=O) groups is 1. The molecule has 0 unspecified atom stereocenters. The third-order valence-corrected chi connectivity index (χ3v) is 4.94. The molecule has 0 saturated carbocycles. The number of anilines is 1. The number of benzene rings is 3. The molecule has 0 spiro atoms. The minimum Gasteiger partial charge on any atom is -0.495 e. The first-order valence-electron chi connectivity index (χ1n) is 7.62. The van der Waals surface area contributed by atoms with E-state index in [0.29, 0.717) is 22.0 Å². The molecule has 0 bridgehead atoms. The molecule has 0 aliphatic heterocycles. The number of thiocarbonyl (C=S) groups is 1. The Labute approximate surface area is 169 Å². The van der Waals surface area contributed by atoms with Gasteiger partial charge < -0.3 is 10.1 Å². The van der Waals surface area contributed by atoms with E-state index >= 15 is 0 Å². The molecule has 0 aromatic heterocycles. The number of ether oxygens (including phenoxy) is 1. The summed E-state index contributed by atoms with van der Waals surface area (Å²) < 4.78 is 6.04. The van der Waals surface area contributed by atoms with Gasteiger partial charge >= 0.3 is 0 Å². The third kappa shape index (κ3) is 3.98. The van der Waals surface area contributed by atoms with E-state index in [9.17, 15) is 4.79 Å². The van der Waals surface area contributed by atoms with Crippen LogP contribution in [0.2, 0.25) is 5.02 Å². The van der Waals surface area contributed by atoms with Crippen LogP contribution in [0.5, 0.6) is 5.75 Å². The van der Waals surface area contributed by atoms with Gasteiger partial charge in [0.15, 0.2) is 5.11 Å². The lowest BCUT2D eigenvalue weighted by Crippen LogP contribution is -2.34. The fraction of sp³-hybridized carbons (Fsp3) is 0.0526. The average Bonchev–Trinajstić information content (AvgIpc) is 2.61. The van der Waals surface area contributed by atoms with Gasteiger partial charge in [0.1, 0.15) is 5.75 Å². The fourth-order valence-corrected chi connectivity index (χ4v) is 3.51. The topological polar surface area (TPSA) is 50.4 Å². The Morgan fingerprint density at radius 1 is 1.12 bits per heavy atom. The van der Waals surface area contributed by atoms with E-state index in [1.165, 1.54) is 0 Å². The van der Waals surface area contributed by atoms with Gasteiger partial charge in [-0.05, 0) is 53.3 Å². The van der Waals surface area contributed by atoms with Gasteiger partial charge in [0, 0.05) is 15.7 Å². The monoisotopic (exact) mass is 448 g/mol. The van der Waals surface area contributed by atoms with Gasteiger partial charge in [-0.25, -0.2) is 0 Å². The molecule has 7 heteroatoms. The Balaban J connectivity index is 1.77. The minimum atomic E-state index is -0.286. The van der Waals surface area contributed by atoms with Crippen LogP contribution in [0.4, 0.5) is 5.69 Å². The predicted molar refractivity (Wildman–Crippen MR) is 113 cm³/mol. The van der Waals surface area contributed by atoms with E-state index < -0.39 is 0 Å². The van der Waals surface area contributed by atoms with Crippen molar-refractivity contribution in [3.05, 3.63) is 69.7 Å².